The second-order valence-electron chi connectivity index (χ2n) is 1.73. The highest BCUT2D eigenvalue weighted by atomic mass is 32.2. The number of aliphatic hydroxyl groups is 1. The monoisotopic (exact) mass is 161 g/mol. The SMILES string of the molecule is O=S(O)C(O)n1cccc1. The summed E-state index contributed by atoms with van der Waals surface area (Å²) in [6.07, 6.45) is 3.03. The molecule has 56 valence electrons. The van der Waals surface area contributed by atoms with Crippen molar-refractivity contribution >= 4 is 11.1 Å². The summed E-state index contributed by atoms with van der Waals surface area (Å²) < 4.78 is 19.9. The molecule has 1 rings (SSSR count). The van der Waals surface area contributed by atoms with Crippen LogP contribution in [0.25, 0.3) is 0 Å². The van der Waals surface area contributed by atoms with E-state index in [2.05, 4.69) is 0 Å². The van der Waals surface area contributed by atoms with E-state index in [4.69, 9.17) is 9.66 Å². The van der Waals surface area contributed by atoms with Gasteiger partial charge in [-0.05, 0) is 12.1 Å². The molecule has 0 amide bonds. The van der Waals surface area contributed by atoms with E-state index in [9.17, 15) is 4.21 Å². The van der Waals surface area contributed by atoms with Crippen LogP contribution < -0.4 is 0 Å². The van der Waals surface area contributed by atoms with Crippen LogP contribution in [0.4, 0.5) is 0 Å². The number of aromatic nitrogens is 1. The molecule has 10 heavy (non-hydrogen) atoms. The zero-order chi connectivity index (χ0) is 7.56. The lowest BCUT2D eigenvalue weighted by molar-refractivity contribution is 0.182. The van der Waals surface area contributed by atoms with E-state index in [1.54, 1.807) is 12.1 Å². The van der Waals surface area contributed by atoms with E-state index in [1.807, 2.05) is 0 Å². The Morgan fingerprint density at radius 3 is 2.30 bits per heavy atom. The molecule has 0 aliphatic rings. The van der Waals surface area contributed by atoms with Crippen LogP contribution in [-0.2, 0) is 11.1 Å². The zero-order valence-electron chi connectivity index (χ0n) is 5.04. The van der Waals surface area contributed by atoms with Crippen molar-refractivity contribution in [3.63, 3.8) is 0 Å². The highest BCUT2D eigenvalue weighted by Crippen LogP contribution is 2.04. The molecule has 0 saturated heterocycles. The van der Waals surface area contributed by atoms with Crippen molar-refractivity contribution in [3.05, 3.63) is 24.5 Å². The summed E-state index contributed by atoms with van der Waals surface area (Å²) in [7, 11) is 0. The first-order valence-electron chi connectivity index (χ1n) is 2.62. The third-order valence-corrected chi connectivity index (χ3v) is 1.67. The molecule has 0 saturated carbocycles. The van der Waals surface area contributed by atoms with Gasteiger partial charge in [-0.2, -0.15) is 0 Å². The van der Waals surface area contributed by atoms with Crippen LogP contribution >= 0.6 is 0 Å². The lowest BCUT2D eigenvalue weighted by Crippen LogP contribution is -2.10. The van der Waals surface area contributed by atoms with Gasteiger partial charge in [-0.15, -0.1) is 0 Å². The molecule has 0 bridgehead atoms. The lowest BCUT2D eigenvalue weighted by atomic mass is 10.7. The van der Waals surface area contributed by atoms with Crippen LogP contribution in [0, 0.1) is 0 Å². The Bertz CT molecular complexity index is 221. The van der Waals surface area contributed by atoms with E-state index in [1.165, 1.54) is 17.0 Å². The Morgan fingerprint density at radius 2 is 1.90 bits per heavy atom. The first-order valence-corrected chi connectivity index (χ1v) is 3.79. The van der Waals surface area contributed by atoms with Crippen LogP contribution in [0.5, 0.6) is 0 Å². The molecular formula is C5H7NO3S. The van der Waals surface area contributed by atoms with Crippen molar-refractivity contribution in [2.75, 3.05) is 0 Å². The van der Waals surface area contributed by atoms with Gasteiger partial charge < -0.3 is 14.2 Å². The maximum atomic E-state index is 10.2. The molecule has 0 aliphatic heterocycles. The molecule has 5 heteroatoms. The Hall–Kier alpha value is -0.650. The average molecular weight is 161 g/mol. The smallest absolute Gasteiger partial charge is 0.235 e. The summed E-state index contributed by atoms with van der Waals surface area (Å²) in [5, 5.41) is 8.90. The van der Waals surface area contributed by atoms with Crippen LogP contribution in [0.3, 0.4) is 0 Å². The van der Waals surface area contributed by atoms with Crippen molar-refractivity contribution in [3.8, 4) is 0 Å². The van der Waals surface area contributed by atoms with Gasteiger partial charge in [0.1, 0.15) is 0 Å². The Labute approximate surface area is 60.4 Å². The largest absolute Gasteiger partial charge is 0.361 e. The number of hydrogen-bond acceptors (Lipinski definition) is 2. The molecule has 0 spiro atoms. The minimum Gasteiger partial charge on any atom is -0.361 e. The van der Waals surface area contributed by atoms with Crippen LogP contribution in [0.2, 0.25) is 0 Å². The summed E-state index contributed by atoms with van der Waals surface area (Å²) >= 11 is -2.22. The molecule has 4 nitrogen and oxygen atoms in total. The maximum absolute atomic E-state index is 10.2. The number of hydrogen-bond donors (Lipinski definition) is 2. The fourth-order valence-corrected chi connectivity index (χ4v) is 0.948. The highest BCUT2D eigenvalue weighted by molar-refractivity contribution is 7.79. The molecule has 0 aromatic carbocycles. The average Bonchev–Trinajstić information content (AvgIpc) is 2.36. The number of nitrogens with zero attached hydrogens (tertiary/aromatic N) is 1. The van der Waals surface area contributed by atoms with E-state index < -0.39 is 16.6 Å². The second-order valence-corrected chi connectivity index (χ2v) is 2.71. The summed E-state index contributed by atoms with van der Waals surface area (Å²) in [6.45, 7) is 0. The fraction of sp³-hybridized carbons (Fsp3) is 0.200. The van der Waals surface area contributed by atoms with Gasteiger partial charge in [0, 0.05) is 12.4 Å². The summed E-state index contributed by atoms with van der Waals surface area (Å²) in [5.41, 5.74) is -1.35. The molecule has 1 aromatic rings. The first-order chi connectivity index (χ1) is 4.72. The van der Waals surface area contributed by atoms with Crippen LogP contribution in [0.15, 0.2) is 24.5 Å². The Kier molecular flexibility index (Phi) is 2.21. The normalized spacial score (nSPS) is 16.6. The molecule has 1 aromatic heterocycles. The van der Waals surface area contributed by atoms with Gasteiger partial charge in [0.2, 0.25) is 16.6 Å². The molecule has 0 fully saturated rings. The molecule has 0 radical (unpaired) electrons. The third kappa shape index (κ3) is 1.44. The number of aliphatic hydroxyl groups excluding tert-OH is 1. The van der Waals surface area contributed by atoms with Crippen molar-refractivity contribution in [2.24, 2.45) is 0 Å². The molecule has 2 N–H and O–H groups in total. The number of rotatable bonds is 2. The minimum atomic E-state index is -2.22. The maximum Gasteiger partial charge on any atom is 0.235 e. The van der Waals surface area contributed by atoms with Gasteiger partial charge in [0.15, 0.2) is 0 Å². The summed E-state index contributed by atoms with van der Waals surface area (Å²) in [4.78, 5) is 0. The zero-order valence-corrected chi connectivity index (χ0v) is 5.86. The van der Waals surface area contributed by atoms with Crippen molar-refractivity contribution in [2.45, 2.75) is 5.56 Å². The van der Waals surface area contributed by atoms with Crippen LogP contribution in [-0.4, -0.2) is 18.4 Å². The van der Waals surface area contributed by atoms with Gasteiger partial charge in [0.25, 0.3) is 0 Å². The molecular weight excluding hydrogens is 154 g/mol. The molecule has 2 atom stereocenters. The second kappa shape index (κ2) is 2.96. The minimum absolute atomic E-state index is 1.25. The third-order valence-electron chi connectivity index (χ3n) is 1.06. The summed E-state index contributed by atoms with van der Waals surface area (Å²) in [6, 6.07) is 3.33. The quantitative estimate of drug-likeness (QED) is 0.607. The standard InChI is InChI=1S/C5H7NO3S/c7-5(10(8)9)6-3-1-2-4-6/h1-5,7H,(H,8,9). The van der Waals surface area contributed by atoms with Gasteiger partial charge in [0.05, 0.1) is 0 Å². The Balaban J connectivity index is 2.77. The van der Waals surface area contributed by atoms with Crippen molar-refractivity contribution in [1.29, 1.82) is 0 Å². The predicted octanol–water partition coefficient (Wildman–Crippen LogP) is 0.158. The van der Waals surface area contributed by atoms with Gasteiger partial charge >= 0.3 is 0 Å². The Morgan fingerprint density at radius 1 is 1.40 bits per heavy atom. The predicted molar refractivity (Wildman–Crippen MR) is 36.5 cm³/mol. The first kappa shape index (κ1) is 7.46. The van der Waals surface area contributed by atoms with E-state index in [0.717, 1.165) is 0 Å². The van der Waals surface area contributed by atoms with Gasteiger partial charge in [-0.3, -0.25) is 0 Å². The van der Waals surface area contributed by atoms with E-state index >= 15 is 0 Å². The summed E-state index contributed by atoms with van der Waals surface area (Å²) in [5.74, 6) is 0. The van der Waals surface area contributed by atoms with Crippen LogP contribution in [0.1, 0.15) is 5.56 Å². The van der Waals surface area contributed by atoms with Crippen molar-refractivity contribution < 1.29 is 13.9 Å². The van der Waals surface area contributed by atoms with E-state index in [0.29, 0.717) is 0 Å². The highest BCUT2D eigenvalue weighted by Gasteiger charge is 2.09. The lowest BCUT2D eigenvalue weighted by Gasteiger charge is -2.05. The topological polar surface area (TPSA) is 62.5 Å². The van der Waals surface area contributed by atoms with Gasteiger partial charge in [-0.1, -0.05) is 0 Å². The molecule has 2 unspecified atom stereocenters. The van der Waals surface area contributed by atoms with Crippen molar-refractivity contribution in [1.82, 2.24) is 4.57 Å². The molecule has 0 aliphatic carbocycles. The fourth-order valence-electron chi connectivity index (χ4n) is 0.599. The molecule has 1 heterocycles. The van der Waals surface area contributed by atoms with Gasteiger partial charge in [-0.25, -0.2) is 4.21 Å². The van der Waals surface area contributed by atoms with E-state index in [-0.39, 0.29) is 0 Å².